The lowest BCUT2D eigenvalue weighted by molar-refractivity contribution is 0.832. The fourth-order valence-corrected chi connectivity index (χ4v) is 3.55. The van der Waals surface area contributed by atoms with E-state index in [9.17, 15) is 0 Å². The Balaban J connectivity index is 2.07. The first-order valence-electron chi connectivity index (χ1n) is 6.88. The van der Waals surface area contributed by atoms with Gasteiger partial charge in [-0.3, -0.25) is 4.98 Å². The maximum atomic E-state index is 4.70. The molecule has 0 saturated carbocycles. The molecule has 3 heterocycles. The second-order valence-electron chi connectivity index (χ2n) is 4.67. The molecular weight excluding hydrogens is 348 g/mol. The molecule has 21 heavy (non-hydrogen) atoms. The minimum absolute atomic E-state index is 0.725. The van der Waals surface area contributed by atoms with Crippen LogP contribution in [0.25, 0.3) is 21.6 Å². The van der Waals surface area contributed by atoms with Crippen LogP contribution in [0.15, 0.2) is 34.4 Å². The molecule has 0 radical (unpaired) electrons. The molecule has 4 nitrogen and oxygen atoms in total. The highest BCUT2D eigenvalue weighted by Gasteiger charge is 2.13. The van der Waals surface area contributed by atoms with E-state index in [0.29, 0.717) is 0 Å². The van der Waals surface area contributed by atoms with Crippen LogP contribution in [-0.2, 0) is 0 Å². The lowest BCUT2D eigenvalue weighted by Crippen LogP contribution is -2.04. The van der Waals surface area contributed by atoms with Gasteiger partial charge in [-0.2, -0.15) is 0 Å². The second kappa shape index (κ2) is 6.49. The first-order valence-corrected chi connectivity index (χ1v) is 8.56. The Morgan fingerprint density at radius 3 is 2.81 bits per heavy atom. The van der Waals surface area contributed by atoms with Crippen LogP contribution in [0.2, 0.25) is 0 Å². The summed E-state index contributed by atoms with van der Waals surface area (Å²) >= 11 is 5.23. The van der Waals surface area contributed by atoms with Crippen LogP contribution in [-0.4, -0.2) is 21.5 Å². The Bertz CT molecular complexity index is 742. The number of nitrogens with one attached hydrogen (secondary N) is 1. The third-order valence-electron chi connectivity index (χ3n) is 3.13. The van der Waals surface area contributed by atoms with Crippen LogP contribution in [0.5, 0.6) is 0 Å². The summed E-state index contributed by atoms with van der Waals surface area (Å²) in [5.41, 5.74) is 1.93. The van der Waals surface area contributed by atoms with Crippen molar-refractivity contribution in [3.8, 4) is 11.4 Å². The molecule has 3 rings (SSSR count). The summed E-state index contributed by atoms with van der Waals surface area (Å²) in [5, 5.41) is 5.49. The maximum Gasteiger partial charge on any atom is 0.162 e. The van der Waals surface area contributed by atoms with Crippen LogP contribution >= 0.6 is 27.3 Å². The van der Waals surface area contributed by atoms with Gasteiger partial charge in [-0.25, -0.2) is 9.97 Å². The van der Waals surface area contributed by atoms with E-state index in [2.05, 4.69) is 43.5 Å². The Kier molecular flexibility index (Phi) is 4.45. The van der Waals surface area contributed by atoms with Gasteiger partial charge in [-0.1, -0.05) is 13.3 Å². The fraction of sp³-hybridized carbons (Fsp3) is 0.267. The van der Waals surface area contributed by atoms with Gasteiger partial charge >= 0.3 is 0 Å². The zero-order valence-corrected chi connectivity index (χ0v) is 14.0. The highest BCUT2D eigenvalue weighted by molar-refractivity contribution is 9.10. The number of hydrogen-bond donors (Lipinski definition) is 1. The molecule has 0 aliphatic heterocycles. The third-order valence-corrected chi connectivity index (χ3v) is 5.02. The van der Waals surface area contributed by atoms with E-state index in [-0.39, 0.29) is 0 Å². The fourth-order valence-electron chi connectivity index (χ4n) is 2.02. The molecule has 0 amide bonds. The molecule has 3 aromatic rings. The zero-order chi connectivity index (χ0) is 14.7. The quantitative estimate of drug-likeness (QED) is 0.666. The zero-order valence-electron chi connectivity index (χ0n) is 11.6. The van der Waals surface area contributed by atoms with E-state index in [0.717, 1.165) is 51.3 Å². The first kappa shape index (κ1) is 14.4. The minimum Gasteiger partial charge on any atom is -0.369 e. The minimum atomic E-state index is 0.725. The molecular formula is C15H15BrN4S. The molecule has 0 atom stereocenters. The van der Waals surface area contributed by atoms with Crippen molar-refractivity contribution in [2.45, 2.75) is 19.8 Å². The topological polar surface area (TPSA) is 50.7 Å². The monoisotopic (exact) mass is 362 g/mol. The number of nitrogens with zero attached hydrogens (tertiary/aromatic N) is 3. The van der Waals surface area contributed by atoms with E-state index in [1.54, 1.807) is 23.7 Å². The van der Waals surface area contributed by atoms with Gasteiger partial charge in [0, 0.05) is 29.9 Å². The van der Waals surface area contributed by atoms with Crippen LogP contribution in [0.3, 0.4) is 0 Å². The number of pyridine rings is 1. The normalized spacial score (nSPS) is 11.0. The number of unbranched alkanes of at least 4 members (excludes halogenated alkanes) is 1. The number of rotatable bonds is 5. The average molecular weight is 363 g/mol. The summed E-state index contributed by atoms with van der Waals surface area (Å²) < 4.78 is 2.11. The van der Waals surface area contributed by atoms with Crippen LogP contribution < -0.4 is 5.32 Å². The number of thiophene rings is 1. The van der Waals surface area contributed by atoms with E-state index in [1.807, 2.05) is 12.1 Å². The largest absolute Gasteiger partial charge is 0.369 e. The highest BCUT2D eigenvalue weighted by Crippen LogP contribution is 2.34. The van der Waals surface area contributed by atoms with Crippen molar-refractivity contribution in [2.24, 2.45) is 0 Å². The maximum absolute atomic E-state index is 4.70. The van der Waals surface area contributed by atoms with Crippen LogP contribution in [0, 0.1) is 0 Å². The van der Waals surface area contributed by atoms with Crippen molar-refractivity contribution in [1.82, 2.24) is 15.0 Å². The Labute approximate surface area is 135 Å². The summed E-state index contributed by atoms with van der Waals surface area (Å²) in [4.78, 5) is 13.4. The molecule has 108 valence electrons. The van der Waals surface area contributed by atoms with E-state index < -0.39 is 0 Å². The van der Waals surface area contributed by atoms with Crippen molar-refractivity contribution in [1.29, 1.82) is 0 Å². The molecule has 3 aromatic heterocycles. The number of anilines is 1. The van der Waals surface area contributed by atoms with Gasteiger partial charge in [0.1, 0.15) is 11.3 Å². The van der Waals surface area contributed by atoms with Gasteiger partial charge in [0.15, 0.2) is 5.82 Å². The standard InChI is InChI=1S/C15H15BrN4S/c1-2-3-6-18-15-13-12(11(16)9-21-13)19-14(20-15)10-4-7-17-8-5-10/h4-5,7-9H,2-3,6H2,1H3,(H,18,19,20). The van der Waals surface area contributed by atoms with Gasteiger partial charge in [-0.05, 0) is 34.5 Å². The summed E-state index contributed by atoms with van der Waals surface area (Å²) in [6.07, 6.45) is 5.81. The predicted octanol–water partition coefficient (Wildman–Crippen LogP) is 4.73. The molecule has 0 aromatic carbocycles. The second-order valence-corrected chi connectivity index (χ2v) is 6.41. The molecule has 0 saturated heterocycles. The molecule has 0 bridgehead atoms. The Morgan fingerprint density at radius 2 is 2.05 bits per heavy atom. The molecule has 0 aliphatic carbocycles. The van der Waals surface area contributed by atoms with Gasteiger partial charge < -0.3 is 5.32 Å². The molecule has 0 fully saturated rings. The van der Waals surface area contributed by atoms with E-state index in [4.69, 9.17) is 4.98 Å². The summed E-state index contributed by atoms with van der Waals surface area (Å²) in [6, 6.07) is 3.86. The summed E-state index contributed by atoms with van der Waals surface area (Å²) in [5.74, 6) is 1.64. The molecule has 0 spiro atoms. The van der Waals surface area contributed by atoms with Crippen molar-refractivity contribution in [2.75, 3.05) is 11.9 Å². The number of hydrogen-bond acceptors (Lipinski definition) is 5. The van der Waals surface area contributed by atoms with Crippen molar-refractivity contribution in [3.05, 3.63) is 34.4 Å². The van der Waals surface area contributed by atoms with Crippen LogP contribution in [0.1, 0.15) is 19.8 Å². The number of halogens is 1. The SMILES string of the molecule is CCCCNc1nc(-c2ccncc2)nc2c(Br)csc12. The molecule has 1 N–H and O–H groups in total. The van der Waals surface area contributed by atoms with E-state index in [1.165, 1.54) is 0 Å². The molecule has 0 aliphatic rings. The van der Waals surface area contributed by atoms with Gasteiger partial charge in [0.05, 0.1) is 9.17 Å². The summed E-state index contributed by atoms with van der Waals surface area (Å²) in [6.45, 7) is 3.11. The molecule has 6 heteroatoms. The lowest BCUT2D eigenvalue weighted by Gasteiger charge is -2.08. The first-order chi connectivity index (χ1) is 10.3. The highest BCUT2D eigenvalue weighted by atomic mass is 79.9. The lowest BCUT2D eigenvalue weighted by atomic mass is 10.2. The number of fused-ring (bicyclic) bond motifs is 1. The summed E-state index contributed by atoms with van der Waals surface area (Å²) in [7, 11) is 0. The average Bonchev–Trinajstić information content (AvgIpc) is 2.90. The van der Waals surface area contributed by atoms with E-state index >= 15 is 0 Å². The van der Waals surface area contributed by atoms with Crippen molar-refractivity contribution < 1.29 is 0 Å². The van der Waals surface area contributed by atoms with Crippen molar-refractivity contribution >= 4 is 43.3 Å². The van der Waals surface area contributed by atoms with Gasteiger partial charge in [0.25, 0.3) is 0 Å². The smallest absolute Gasteiger partial charge is 0.162 e. The number of aromatic nitrogens is 3. The van der Waals surface area contributed by atoms with Gasteiger partial charge in [0.2, 0.25) is 0 Å². The van der Waals surface area contributed by atoms with Crippen molar-refractivity contribution in [3.63, 3.8) is 0 Å². The Morgan fingerprint density at radius 1 is 1.24 bits per heavy atom. The predicted molar refractivity (Wildman–Crippen MR) is 91.7 cm³/mol. The van der Waals surface area contributed by atoms with Crippen LogP contribution in [0.4, 0.5) is 5.82 Å². The Hall–Kier alpha value is -1.53. The van der Waals surface area contributed by atoms with Gasteiger partial charge in [-0.15, -0.1) is 11.3 Å². The third kappa shape index (κ3) is 3.06. The molecule has 0 unspecified atom stereocenters.